The van der Waals surface area contributed by atoms with Gasteiger partial charge in [0.1, 0.15) is 18.5 Å². The lowest BCUT2D eigenvalue weighted by atomic mass is 10.2. The Kier molecular flexibility index (Phi) is 2.29. The van der Waals surface area contributed by atoms with Gasteiger partial charge in [-0.2, -0.15) is 0 Å². The van der Waals surface area contributed by atoms with Gasteiger partial charge in [0.2, 0.25) is 0 Å². The molecule has 17 heavy (non-hydrogen) atoms. The molecule has 1 N–H and O–H groups in total. The highest BCUT2D eigenvalue weighted by Crippen LogP contribution is 2.14. The number of fused-ring (bicyclic) bond motifs is 1. The van der Waals surface area contributed by atoms with Crippen molar-refractivity contribution in [1.29, 1.82) is 0 Å². The van der Waals surface area contributed by atoms with Crippen LogP contribution in [0.2, 0.25) is 0 Å². The van der Waals surface area contributed by atoms with Gasteiger partial charge in [0, 0.05) is 5.69 Å². The number of amidine groups is 2. The minimum absolute atomic E-state index is 0.179. The molecule has 2 aliphatic rings. The molecule has 0 spiro atoms. The fourth-order valence-corrected chi connectivity index (χ4v) is 1.70. The van der Waals surface area contributed by atoms with Crippen LogP contribution in [0.25, 0.3) is 0 Å². The Labute approximate surface area is 98.7 Å². The number of aliphatic imine (C=N–C) groups is 4. The van der Waals surface area contributed by atoms with Crippen molar-refractivity contribution < 1.29 is 0 Å². The molecular weight excluding hydrogens is 214 g/mol. The number of rotatable bonds is 1. The van der Waals surface area contributed by atoms with Gasteiger partial charge in [-0.15, -0.1) is 0 Å². The Balaban J connectivity index is 1.84. The topological polar surface area (TPSA) is 61.5 Å². The standard InChI is InChI=1S/C12H11N5/c1-8-2-4-9(5-3-8)17-12-10-11(14-6-13-10)15-7-16-12/h2-7,10H,1H3,(H,13,14,15,16,17). The summed E-state index contributed by atoms with van der Waals surface area (Å²) in [5, 5.41) is 3.24. The first-order valence-corrected chi connectivity index (χ1v) is 5.36. The van der Waals surface area contributed by atoms with E-state index in [1.807, 2.05) is 24.3 Å². The Bertz CT molecular complexity index is 551. The lowest BCUT2D eigenvalue weighted by Crippen LogP contribution is -2.33. The Morgan fingerprint density at radius 3 is 2.71 bits per heavy atom. The number of hydrogen-bond donors (Lipinski definition) is 1. The van der Waals surface area contributed by atoms with Crippen LogP contribution in [0.15, 0.2) is 44.2 Å². The van der Waals surface area contributed by atoms with E-state index in [1.54, 1.807) is 0 Å². The first kappa shape index (κ1) is 9.89. The molecule has 2 aliphatic heterocycles. The second-order valence-corrected chi connectivity index (χ2v) is 3.90. The van der Waals surface area contributed by atoms with Crippen LogP contribution >= 0.6 is 0 Å². The predicted molar refractivity (Wildman–Crippen MR) is 70.4 cm³/mol. The lowest BCUT2D eigenvalue weighted by molar-refractivity contribution is 1.13. The summed E-state index contributed by atoms with van der Waals surface area (Å²) in [6.45, 7) is 2.06. The summed E-state index contributed by atoms with van der Waals surface area (Å²) < 4.78 is 0. The van der Waals surface area contributed by atoms with E-state index in [1.165, 1.54) is 18.2 Å². The molecule has 5 nitrogen and oxygen atoms in total. The molecule has 1 unspecified atom stereocenters. The number of anilines is 1. The van der Waals surface area contributed by atoms with E-state index in [0.717, 1.165) is 11.5 Å². The molecule has 1 aromatic rings. The third-order valence-electron chi connectivity index (χ3n) is 2.62. The maximum absolute atomic E-state index is 4.22. The molecule has 84 valence electrons. The first-order valence-electron chi connectivity index (χ1n) is 5.36. The average molecular weight is 225 g/mol. The molecule has 0 saturated heterocycles. The fraction of sp³-hybridized carbons (Fsp3) is 0.167. The molecule has 1 atom stereocenters. The molecule has 2 heterocycles. The van der Waals surface area contributed by atoms with Crippen molar-refractivity contribution in [3.63, 3.8) is 0 Å². The van der Waals surface area contributed by atoms with Crippen molar-refractivity contribution in [2.45, 2.75) is 13.0 Å². The SMILES string of the molecule is Cc1ccc(NC2=NC=NC3=NC=NC32)cc1. The van der Waals surface area contributed by atoms with Gasteiger partial charge in [-0.3, -0.25) is 4.99 Å². The quantitative estimate of drug-likeness (QED) is 0.776. The van der Waals surface area contributed by atoms with E-state index in [4.69, 9.17) is 0 Å². The van der Waals surface area contributed by atoms with Crippen LogP contribution in [0.4, 0.5) is 5.69 Å². The van der Waals surface area contributed by atoms with Crippen molar-refractivity contribution >= 4 is 30.0 Å². The summed E-state index contributed by atoms with van der Waals surface area (Å²) in [6.07, 6.45) is 3.02. The van der Waals surface area contributed by atoms with Crippen LogP contribution in [0.1, 0.15) is 5.56 Å². The highest BCUT2D eigenvalue weighted by Gasteiger charge is 2.26. The lowest BCUT2D eigenvalue weighted by Gasteiger charge is -2.15. The largest absolute Gasteiger partial charge is 0.341 e. The van der Waals surface area contributed by atoms with Crippen molar-refractivity contribution in [2.24, 2.45) is 20.0 Å². The van der Waals surface area contributed by atoms with Gasteiger partial charge in [0.25, 0.3) is 0 Å². The predicted octanol–water partition coefficient (Wildman–Crippen LogP) is 1.66. The second kappa shape index (κ2) is 3.93. The fourth-order valence-electron chi connectivity index (χ4n) is 1.70. The summed E-state index contributed by atoms with van der Waals surface area (Å²) in [7, 11) is 0. The van der Waals surface area contributed by atoms with Crippen molar-refractivity contribution in [3.05, 3.63) is 29.8 Å². The van der Waals surface area contributed by atoms with Gasteiger partial charge in [-0.25, -0.2) is 15.0 Å². The minimum atomic E-state index is -0.179. The monoisotopic (exact) mass is 225 g/mol. The zero-order valence-electron chi connectivity index (χ0n) is 9.33. The van der Waals surface area contributed by atoms with Crippen LogP contribution < -0.4 is 5.32 Å². The second-order valence-electron chi connectivity index (χ2n) is 3.90. The normalized spacial score (nSPS) is 20.9. The van der Waals surface area contributed by atoms with Crippen LogP contribution in [-0.4, -0.2) is 30.4 Å². The summed E-state index contributed by atoms with van der Waals surface area (Å²) in [6, 6.07) is 7.94. The maximum atomic E-state index is 4.22. The Hall–Kier alpha value is -2.30. The summed E-state index contributed by atoms with van der Waals surface area (Å²) in [5.41, 5.74) is 2.22. The smallest absolute Gasteiger partial charge is 0.169 e. The molecular formula is C12H11N5. The van der Waals surface area contributed by atoms with Crippen LogP contribution in [0.3, 0.4) is 0 Å². The minimum Gasteiger partial charge on any atom is -0.341 e. The van der Waals surface area contributed by atoms with Crippen LogP contribution in [-0.2, 0) is 0 Å². The summed E-state index contributed by atoms with van der Waals surface area (Å²) >= 11 is 0. The highest BCUT2D eigenvalue weighted by molar-refractivity contribution is 6.23. The van der Waals surface area contributed by atoms with Crippen molar-refractivity contribution in [2.75, 3.05) is 5.32 Å². The first-order chi connectivity index (χ1) is 8.33. The zero-order chi connectivity index (χ0) is 11.7. The molecule has 5 heteroatoms. The van der Waals surface area contributed by atoms with E-state index in [0.29, 0.717) is 5.84 Å². The van der Waals surface area contributed by atoms with E-state index in [-0.39, 0.29) is 6.04 Å². The molecule has 0 fully saturated rings. The van der Waals surface area contributed by atoms with E-state index in [2.05, 4.69) is 32.2 Å². The van der Waals surface area contributed by atoms with E-state index < -0.39 is 0 Å². The highest BCUT2D eigenvalue weighted by atomic mass is 15.2. The van der Waals surface area contributed by atoms with Crippen molar-refractivity contribution in [3.8, 4) is 0 Å². The van der Waals surface area contributed by atoms with Gasteiger partial charge in [0.05, 0.1) is 0 Å². The van der Waals surface area contributed by atoms with Crippen molar-refractivity contribution in [1.82, 2.24) is 0 Å². The third-order valence-corrected chi connectivity index (χ3v) is 2.62. The van der Waals surface area contributed by atoms with Gasteiger partial charge in [-0.1, -0.05) is 17.7 Å². The summed E-state index contributed by atoms with van der Waals surface area (Å²) in [4.78, 5) is 16.6. The number of nitrogens with one attached hydrogen (secondary N) is 1. The number of benzene rings is 1. The average Bonchev–Trinajstić information content (AvgIpc) is 2.81. The van der Waals surface area contributed by atoms with Gasteiger partial charge in [-0.05, 0) is 19.1 Å². The zero-order valence-corrected chi connectivity index (χ0v) is 9.33. The third kappa shape index (κ3) is 1.87. The van der Waals surface area contributed by atoms with Crippen LogP contribution in [0, 0.1) is 6.92 Å². The molecule has 0 radical (unpaired) electrons. The van der Waals surface area contributed by atoms with Gasteiger partial charge < -0.3 is 5.32 Å². The van der Waals surface area contributed by atoms with Gasteiger partial charge in [0.15, 0.2) is 11.9 Å². The van der Waals surface area contributed by atoms with Crippen LogP contribution in [0.5, 0.6) is 0 Å². The number of aryl methyl sites for hydroxylation is 1. The molecule has 0 aliphatic carbocycles. The molecule has 0 saturated carbocycles. The molecule has 0 bridgehead atoms. The molecule has 1 aromatic carbocycles. The molecule has 3 rings (SSSR count). The Morgan fingerprint density at radius 1 is 1.06 bits per heavy atom. The maximum Gasteiger partial charge on any atom is 0.169 e. The van der Waals surface area contributed by atoms with E-state index >= 15 is 0 Å². The Morgan fingerprint density at radius 2 is 1.88 bits per heavy atom. The number of hydrogen-bond acceptors (Lipinski definition) is 5. The summed E-state index contributed by atoms with van der Waals surface area (Å²) in [5.74, 6) is 1.45. The molecule has 0 amide bonds. The van der Waals surface area contributed by atoms with Gasteiger partial charge >= 0.3 is 0 Å². The van der Waals surface area contributed by atoms with E-state index in [9.17, 15) is 0 Å². The molecule has 0 aromatic heterocycles. The number of nitrogens with zero attached hydrogens (tertiary/aromatic N) is 4.